The molecule has 1 aliphatic heterocycles. The van der Waals surface area contributed by atoms with E-state index in [0.717, 1.165) is 60.2 Å². The minimum absolute atomic E-state index is 0.0855. The van der Waals surface area contributed by atoms with Gasteiger partial charge in [0.1, 0.15) is 18.0 Å². The number of likely N-dealkylation sites (tertiary alicyclic amines) is 1. The van der Waals surface area contributed by atoms with Crippen LogP contribution >= 0.6 is 0 Å². The molecule has 4 rings (SSSR count). The SMILES string of the molecule is N#Cc1ccc(-c2ccc3oc(CCN4CCC[C@@H]4CF)cc3c2)cc1. The second-order valence-corrected chi connectivity index (χ2v) is 6.89. The summed E-state index contributed by atoms with van der Waals surface area (Å²) in [5.74, 6) is 0.946. The van der Waals surface area contributed by atoms with Crippen LogP contribution in [0.4, 0.5) is 4.39 Å². The fraction of sp³-hybridized carbons (Fsp3) is 0.318. The van der Waals surface area contributed by atoms with Crippen molar-refractivity contribution in [2.75, 3.05) is 19.8 Å². The molecule has 1 fully saturated rings. The standard InChI is InChI=1S/C22H21FN2O/c23-14-20-2-1-10-25(20)11-9-21-13-19-12-18(7-8-22(19)26-21)17-5-3-16(15-24)4-6-17/h3-8,12-13,20H,1-2,9-11,14H2/t20-/m1/s1. The zero-order valence-electron chi connectivity index (χ0n) is 14.6. The summed E-state index contributed by atoms with van der Waals surface area (Å²) >= 11 is 0. The number of nitriles is 1. The average Bonchev–Trinajstić information content (AvgIpc) is 3.31. The molecular weight excluding hydrogens is 327 g/mol. The fourth-order valence-electron chi connectivity index (χ4n) is 3.76. The smallest absolute Gasteiger partial charge is 0.134 e. The van der Waals surface area contributed by atoms with Crippen LogP contribution in [-0.4, -0.2) is 30.7 Å². The Morgan fingerprint density at radius 1 is 1.12 bits per heavy atom. The summed E-state index contributed by atoms with van der Waals surface area (Å²) in [7, 11) is 0. The van der Waals surface area contributed by atoms with E-state index < -0.39 is 0 Å². The van der Waals surface area contributed by atoms with E-state index in [1.165, 1.54) is 0 Å². The number of fused-ring (bicyclic) bond motifs is 1. The van der Waals surface area contributed by atoms with Crippen LogP contribution in [0.15, 0.2) is 52.9 Å². The van der Waals surface area contributed by atoms with Crippen molar-refractivity contribution in [3.05, 3.63) is 59.9 Å². The van der Waals surface area contributed by atoms with Crippen molar-refractivity contribution >= 4 is 11.0 Å². The lowest BCUT2D eigenvalue weighted by Crippen LogP contribution is -2.32. The Morgan fingerprint density at radius 2 is 1.92 bits per heavy atom. The van der Waals surface area contributed by atoms with Crippen LogP contribution in [0.3, 0.4) is 0 Å². The predicted octanol–water partition coefficient (Wildman–Crippen LogP) is 4.95. The lowest BCUT2D eigenvalue weighted by atomic mass is 10.0. The molecule has 0 spiro atoms. The van der Waals surface area contributed by atoms with E-state index in [9.17, 15) is 4.39 Å². The second kappa shape index (κ2) is 7.31. The maximum atomic E-state index is 13.0. The normalized spacial score (nSPS) is 17.6. The molecule has 0 radical (unpaired) electrons. The third-order valence-electron chi connectivity index (χ3n) is 5.24. The maximum absolute atomic E-state index is 13.0. The van der Waals surface area contributed by atoms with Crippen molar-refractivity contribution in [3.63, 3.8) is 0 Å². The summed E-state index contributed by atoms with van der Waals surface area (Å²) in [6, 6.07) is 18.0. The summed E-state index contributed by atoms with van der Waals surface area (Å²) in [6.45, 7) is 1.57. The van der Waals surface area contributed by atoms with E-state index in [-0.39, 0.29) is 12.7 Å². The van der Waals surface area contributed by atoms with Crippen LogP contribution in [-0.2, 0) is 6.42 Å². The molecular formula is C22H21FN2O. The molecule has 1 aromatic heterocycles. The Balaban J connectivity index is 1.51. The second-order valence-electron chi connectivity index (χ2n) is 6.89. The lowest BCUT2D eigenvalue weighted by Gasteiger charge is -2.20. The molecule has 1 atom stereocenters. The van der Waals surface area contributed by atoms with Crippen LogP contribution in [0.25, 0.3) is 22.1 Å². The van der Waals surface area contributed by atoms with Gasteiger partial charge < -0.3 is 4.42 Å². The molecule has 3 nitrogen and oxygen atoms in total. The van der Waals surface area contributed by atoms with E-state index in [2.05, 4.69) is 23.1 Å². The van der Waals surface area contributed by atoms with Crippen molar-refractivity contribution < 1.29 is 8.81 Å². The Kier molecular flexibility index (Phi) is 4.73. The first kappa shape index (κ1) is 16.8. The largest absolute Gasteiger partial charge is 0.461 e. The van der Waals surface area contributed by atoms with Crippen molar-refractivity contribution in [1.82, 2.24) is 4.90 Å². The van der Waals surface area contributed by atoms with Gasteiger partial charge in [-0.05, 0) is 60.8 Å². The first-order valence-corrected chi connectivity index (χ1v) is 9.10. The van der Waals surface area contributed by atoms with E-state index in [1.54, 1.807) is 0 Å². The molecule has 0 amide bonds. The van der Waals surface area contributed by atoms with Gasteiger partial charge in [-0.1, -0.05) is 18.2 Å². The number of halogens is 1. The highest BCUT2D eigenvalue weighted by Crippen LogP contribution is 2.27. The molecule has 26 heavy (non-hydrogen) atoms. The molecule has 0 aliphatic carbocycles. The van der Waals surface area contributed by atoms with Crippen molar-refractivity contribution in [2.45, 2.75) is 25.3 Å². The zero-order chi connectivity index (χ0) is 17.9. The van der Waals surface area contributed by atoms with Gasteiger partial charge in [0.25, 0.3) is 0 Å². The van der Waals surface area contributed by atoms with E-state index in [0.29, 0.717) is 5.56 Å². The number of hydrogen-bond donors (Lipinski definition) is 0. The molecule has 4 heteroatoms. The Hall–Kier alpha value is -2.64. The van der Waals surface area contributed by atoms with Gasteiger partial charge >= 0.3 is 0 Å². The molecule has 0 unspecified atom stereocenters. The number of alkyl halides is 1. The Morgan fingerprint density at radius 3 is 2.69 bits per heavy atom. The zero-order valence-corrected chi connectivity index (χ0v) is 14.6. The molecule has 0 N–H and O–H groups in total. The van der Waals surface area contributed by atoms with Crippen LogP contribution in [0.2, 0.25) is 0 Å². The summed E-state index contributed by atoms with van der Waals surface area (Å²) < 4.78 is 19.0. The maximum Gasteiger partial charge on any atom is 0.134 e. The van der Waals surface area contributed by atoms with Gasteiger partial charge in [0.05, 0.1) is 11.6 Å². The molecule has 0 saturated carbocycles. The molecule has 1 saturated heterocycles. The van der Waals surface area contributed by atoms with Crippen LogP contribution in [0, 0.1) is 11.3 Å². The Labute approximate surface area is 152 Å². The van der Waals surface area contributed by atoms with Gasteiger partial charge in [0.15, 0.2) is 0 Å². The van der Waals surface area contributed by atoms with Crippen LogP contribution < -0.4 is 0 Å². The number of benzene rings is 2. The van der Waals surface area contributed by atoms with Gasteiger partial charge in [-0.3, -0.25) is 4.90 Å². The monoisotopic (exact) mass is 348 g/mol. The molecule has 3 aromatic rings. The van der Waals surface area contributed by atoms with Crippen molar-refractivity contribution in [1.29, 1.82) is 5.26 Å². The highest BCUT2D eigenvalue weighted by molar-refractivity contribution is 5.84. The Bertz CT molecular complexity index is 939. The van der Waals surface area contributed by atoms with E-state index in [1.807, 2.05) is 36.4 Å². The summed E-state index contributed by atoms with van der Waals surface area (Å²) in [6.07, 6.45) is 2.85. The van der Waals surface area contributed by atoms with Gasteiger partial charge in [-0.2, -0.15) is 5.26 Å². The number of rotatable bonds is 5. The average molecular weight is 348 g/mol. The summed E-state index contributed by atoms with van der Waals surface area (Å²) in [4.78, 5) is 2.23. The third-order valence-corrected chi connectivity index (χ3v) is 5.24. The van der Waals surface area contributed by atoms with E-state index >= 15 is 0 Å². The number of hydrogen-bond acceptors (Lipinski definition) is 3. The van der Waals surface area contributed by atoms with Crippen LogP contribution in [0.1, 0.15) is 24.2 Å². The van der Waals surface area contributed by atoms with Crippen LogP contribution in [0.5, 0.6) is 0 Å². The fourth-order valence-corrected chi connectivity index (χ4v) is 3.76. The van der Waals surface area contributed by atoms with Gasteiger partial charge in [0, 0.05) is 24.4 Å². The first-order chi connectivity index (χ1) is 12.8. The third kappa shape index (κ3) is 3.36. The highest BCUT2D eigenvalue weighted by atomic mass is 19.1. The van der Waals surface area contributed by atoms with Gasteiger partial charge in [-0.15, -0.1) is 0 Å². The molecule has 132 valence electrons. The molecule has 2 heterocycles. The number of nitrogens with zero attached hydrogens (tertiary/aromatic N) is 2. The number of furan rings is 1. The first-order valence-electron chi connectivity index (χ1n) is 9.10. The van der Waals surface area contributed by atoms with Crippen molar-refractivity contribution in [2.24, 2.45) is 0 Å². The highest BCUT2D eigenvalue weighted by Gasteiger charge is 2.24. The predicted molar refractivity (Wildman–Crippen MR) is 101 cm³/mol. The van der Waals surface area contributed by atoms with E-state index in [4.69, 9.17) is 9.68 Å². The van der Waals surface area contributed by atoms with Crippen molar-refractivity contribution in [3.8, 4) is 17.2 Å². The topological polar surface area (TPSA) is 40.2 Å². The minimum Gasteiger partial charge on any atom is -0.461 e. The molecule has 0 bridgehead atoms. The molecule has 1 aliphatic rings. The lowest BCUT2D eigenvalue weighted by molar-refractivity contribution is 0.214. The van der Waals surface area contributed by atoms with Gasteiger partial charge in [0.2, 0.25) is 0 Å². The summed E-state index contributed by atoms with van der Waals surface area (Å²) in [5, 5.41) is 9.99. The molecule has 2 aromatic carbocycles. The van der Waals surface area contributed by atoms with Gasteiger partial charge in [-0.25, -0.2) is 4.39 Å². The quantitative estimate of drug-likeness (QED) is 0.655. The summed E-state index contributed by atoms with van der Waals surface area (Å²) in [5.41, 5.74) is 3.72. The minimum atomic E-state index is -0.256.